The van der Waals surface area contributed by atoms with Crippen molar-refractivity contribution in [2.24, 2.45) is 0 Å². The van der Waals surface area contributed by atoms with Crippen molar-refractivity contribution in [1.29, 1.82) is 0 Å². The molecule has 0 bridgehead atoms. The summed E-state index contributed by atoms with van der Waals surface area (Å²) in [6.07, 6.45) is 7.12. The molecule has 0 radical (unpaired) electrons. The van der Waals surface area contributed by atoms with E-state index in [9.17, 15) is 9.59 Å². The lowest BCUT2D eigenvalue weighted by atomic mass is 9.87. The fraction of sp³-hybridized carbons (Fsp3) is 0.350. The van der Waals surface area contributed by atoms with Crippen molar-refractivity contribution in [3.8, 4) is 0 Å². The third-order valence-electron chi connectivity index (χ3n) is 5.18. The van der Waals surface area contributed by atoms with Crippen LogP contribution in [0.2, 0.25) is 5.02 Å². The van der Waals surface area contributed by atoms with Crippen LogP contribution < -0.4 is 10.2 Å². The third kappa shape index (κ3) is 2.97. The summed E-state index contributed by atoms with van der Waals surface area (Å²) < 4.78 is 0. The molecule has 0 unspecified atom stereocenters. The van der Waals surface area contributed by atoms with Crippen molar-refractivity contribution >= 4 is 29.1 Å². The molecule has 4 rings (SSSR count). The Morgan fingerprint density at radius 1 is 1.31 bits per heavy atom. The number of hydrogen-bond donors (Lipinski definition) is 1. The molecule has 0 fully saturated rings. The van der Waals surface area contributed by atoms with E-state index in [2.05, 4.69) is 10.3 Å². The molecule has 134 valence electrons. The summed E-state index contributed by atoms with van der Waals surface area (Å²) in [7, 11) is 0. The minimum atomic E-state index is -0.0480. The first-order chi connectivity index (χ1) is 12.5. The molecule has 26 heavy (non-hydrogen) atoms. The number of amides is 2. The lowest BCUT2D eigenvalue weighted by Gasteiger charge is -2.33. The number of nitrogens with one attached hydrogen (secondary N) is 1. The number of anilines is 1. The molecule has 2 heterocycles. The molecule has 1 atom stereocenters. The molecule has 1 aliphatic carbocycles. The Kier molecular flexibility index (Phi) is 4.41. The Morgan fingerprint density at radius 2 is 2.15 bits per heavy atom. The average molecular weight is 370 g/mol. The molecule has 2 aliphatic rings. The highest BCUT2D eigenvalue weighted by molar-refractivity contribution is 6.30. The van der Waals surface area contributed by atoms with Gasteiger partial charge in [0.05, 0.1) is 17.9 Å². The number of rotatable bonds is 2. The summed E-state index contributed by atoms with van der Waals surface area (Å²) in [5.41, 5.74) is 4.71. The van der Waals surface area contributed by atoms with E-state index in [-0.39, 0.29) is 17.9 Å². The number of pyridine rings is 1. The smallest absolute Gasteiger partial charge is 0.258 e. The van der Waals surface area contributed by atoms with Gasteiger partial charge >= 0.3 is 0 Å². The van der Waals surface area contributed by atoms with Gasteiger partial charge in [0, 0.05) is 30.3 Å². The zero-order valence-electron chi connectivity index (χ0n) is 14.6. The summed E-state index contributed by atoms with van der Waals surface area (Å²) in [6.45, 7) is 2.14. The topological polar surface area (TPSA) is 62.3 Å². The van der Waals surface area contributed by atoms with Crippen LogP contribution in [0.1, 0.15) is 52.9 Å². The van der Waals surface area contributed by atoms with Gasteiger partial charge in [-0.15, -0.1) is 0 Å². The van der Waals surface area contributed by atoms with Crippen LogP contribution in [0.15, 0.2) is 30.6 Å². The van der Waals surface area contributed by atoms with Crippen LogP contribution in [0, 0.1) is 0 Å². The first-order valence-electron chi connectivity index (χ1n) is 8.89. The van der Waals surface area contributed by atoms with Gasteiger partial charge < -0.3 is 10.2 Å². The second-order valence-corrected chi connectivity index (χ2v) is 7.32. The first kappa shape index (κ1) is 17.0. The molecular weight excluding hydrogens is 350 g/mol. The van der Waals surface area contributed by atoms with Crippen molar-refractivity contribution in [1.82, 2.24) is 10.3 Å². The van der Waals surface area contributed by atoms with Crippen LogP contribution in [0.4, 0.5) is 5.69 Å². The van der Waals surface area contributed by atoms with Gasteiger partial charge in [-0.1, -0.05) is 11.6 Å². The number of carbonyl (C=O) groups excluding carboxylic acids is 2. The molecule has 0 saturated carbocycles. The van der Waals surface area contributed by atoms with Crippen molar-refractivity contribution in [2.45, 2.75) is 38.6 Å². The van der Waals surface area contributed by atoms with Crippen LogP contribution in [0.5, 0.6) is 0 Å². The fourth-order valence-corrected chi connectivity index (χ4v) is 4.21. The summed E-state index contributed by atoms with van der Waals surface area (Å²) in [5, 5.41) is 3.66. The van der Waals surface area contributed by atoms with E-state index >= 15 is 0 Å². The Morgan fingerprint density at radius 3 is 2.96 bits per heavy atom. The van der Waals surface area contributed by atoms with E-state index in [0.717, 1.165) is 48.1 Å². The Labute approximate surface area is 157 Å². The van der Waals surface area contributed by atoms with Gasteiger partial charge in [-0.2, -0.15) is 0 Å². The Bertz CT molecular complexity index is 897. The van der Waals surface area contributed by atoms with Crippen molar-refractivity contribution in [2.75, 3.05) is 11.4 Å². The lowest BCUT2D eigenvalue weighted by Crippen LogP contribution is -2.39. The third-order valence-corrected chi connectivity index (χ3v) is 5.41. The van der Waals surface area contributed by atoms with Crippen molar-refractivity contribution in [3.05, 3.63) is 57.9 Å². The normalized spacial score (nSPS) is 18.9. The molecule has 2 aromatic rings. The summed E-state index contributed by atoms with van der Waals surface area (Å²) >= 11 is 6.06. The maximum atomic E-state index is 13.1. The zero-order chi connectivity index (χ0) is 18.3. The van der Waals surface area contributed by atoms with Gasteiger partial charge in [0.2, 0.25) is 5.91 Å². The molecule has 2 amide bonds. The van der Waals surface area contributed by atoms with E-state index in [1.165, 1.54) is 6.92 Å². The maximum Gasteiger partial charge on any atom is 0.258 e. The SMILES string of the molecule is CC(=O)N[C@H]1CCCc2c1cncc2N1CCc2cc(Cl)ccc2C1=O. The predicted molar refractivity (Wildman–Crippen MR) is 101 cm³/mol. The molecule has 0 spiro atoms. The Hall–Kier alpha value is -2.40. The monoisotopic (exact) mass is 369 g/mol. The number of carbonyl (C=O) groups is 2. The molecule has 1 aromatic heterocycles. The van der Waals surface area contributed by atoms with Crippen LogP contribution >= 0.6 is 11.6 Å². The second-order valence-electron chi connectivity index (χ2n) is 6.88. The van der Waals surface area contributed by atoms with E-state index in [0.29, 0.717) is 17.1 Å². The first-order valence-corrected chi connectivity index (χ1v) is 9.26. The van der Waals surface area contributed by atoms with E-state index in [4.69, 9.17) is 11.6 Å². The minimum absolute atomic E-state index is 0.0141. The van der Waals surface area contributed by atoms with Gasteiger partial charge in [-0.3, -0.25) is 14.6 Å². The van der Waals surface area contributed by atoms with Gasteiger partial charge in [-0.05, 0) is 60.6 Å². The minimum Gasteiger partial charge on any atom is -0.349 e. The summed E-state index contributed by atoms with van der Waals surface area (Å²) in [6, 6.07) is 5.40. The molecule has 5 nitrogen and oxygen atoms in total. The van der Waals surface area contributed by atoms with Gasteiger partial charge in [0.25, 0.3) is 5.91 Å². The Balaban J connectivity index is 1.72. The van der Waals surface area contributed by atoms with Gasteiger partial charge in [-0.25, -0.2) is 0 Å². The largest absolute Gasteiger partial charge is 0.349 e. The molecule has 1 aliphatic heterocycles. The van der Waals surface area contributed by atoms with Crippen LogP contribution in [-0.4, -0.2) is 23.3 Å². The maximum absolute atomic E-state index is 13.1. The quantitative estimate of drug-likeness (QED) is 0.881. The number of nitrogens with zero attached hydrogens (tertiary/aromatic N) is 2. The fourth-order valence-electron chi connectivity index (χ4n) is 4.02. The highest BCUT2D eigenvalue weighted by Gasteiger charge is 2.30. The predicted octanol–water partition coefficient (Wildman–Crippen LogP) is 3.45. The van der Waals surface area contributed by atoms with Crippen LogP contribution in [-0.2, 0) is 17.6 Å². The second kappa shape index (κ2) is 6.72. The molecule has 6 heteroatoms. The highest BCUT2D eigenvalue weighted by Crippen LogP contribution is 2.36. The molecule has 1 N–H and O–H groups in total. The van der Waals surface area contributed by atoms with Crippen molar-refractivity contribution in [3.63, 3.8) is 0 Å². The zero-order valence-corrected chi connectivity index (χ0v) is 15.3. The van der Waals surface area contributed by atoms with Crippen LogP contribution in [0.3, 0.4) is 0 Å². The summed E-state index contributed by atoms with van der Waals surface area (Å²) in [5.74, 6) is -0.0622. The van der Waals surface area contributed by atoms with E-state index < -0.39 is 0 Å². The standard InChI is InChI=1S/C20H20ClN3O2/c1-12(25)23-18-4-2-3-16-17(18)10-22-11-19(16)24-8-7-13-9-14(21)5-6-15(13)20(24)26/h5-6,9-11,18H,2-4,7-8H2,1H3,(H,23,25)/t18-/m0/s1. The van der Waals surface area contributed by atoms with Gasteiger partial charge in [0.15, 0.2) is 0 Å². The number of fused-ring (bicyclic) bond motifs is 2. The van der Waals surface area contributed by atoms with Gasteiger partial charge in [0.1, 0.15) is 0 Å². The number of aromatic nitrogens is 1. The summed E-state index contributed by atoms with van der Waals surface area (Å²) in [4.78, 5) is 30.8. The molecule has 0 saturated heterocycles. The lowest BCUT2D eigenvalue weighted by molar-refractivity contribution is -0.119. The molecule has 1 aromatic carbocycles. The van der Waals surface area contributed by atoms with Crippen LogP contribution in [0.25, 0.3) is 0 Å². The average Bonchev–Trinajstić information content (AvgIpc) is 2.61. The number of benzene rings is 1. The number of halogens is 1. The highest BCUT2D eigenvalue weighted by atomic mass is 35.5. The number of hydrogen-bond acceptors (Lipinski definition) is 3. The van der Waals surface area contributed by atoms with E-state index in [1.807, 2.05) is 17.2 Å². The molecular formula is C20H20ClN3O2. The van der Waals surface area contributed by atoms with E-state index in [1.54, 1.807) is 18.3 Å². The van der Waals surface area contributed by atoms with Crippen molar-refractivity contribution < 1.29 is 9.59 Å².